The van der Waals surface area contributed by atoms with Crippen LogP contribution >= 0.6 is 11.6 Å². The predicted molar refractivity (Wildman–Crippen MR) is 60.3 cm³/mol. The topological polar surface area (TPSA) is 70.2 Å². The number of aromatic amines is 1. The Hall–Kier alpha value is -1.81. The van der Waals surface area contributed by atoms with Crippen molar-refractivity contribution >= 4 is 34.3 Å². The van der Waals surface area contributed by atoms with Crippen LogP contribution in [0.15, 0.2) is 18.2 Å². The van der Waals surface area contributed by atoms with Gasteiger partial charge < -0.3 is 10.1 Å². The molecular formula is C11H8ClNO3. The summed E-state index contributed by atoms with van der Waals surface area (Å²) in [7, 11) is 0. The van der Waals surface area contributed by atoms with Crippen molar-refractivity contribution in [2.45, 2.75) is 6.92 Å². The lowest BCUT2D eigenvalue weighted by Gasteiger charge is -1.96. The van der Waals surface area contributed by atoms with E-state index in [1.807, 2.05) is 0 Å². The summed E-state index contributed by atoms with van der Waals surface area (Å²) in [5, 5.41) is 9.79. The van der Waals surface area contributed by atoms with Crippen LogP contribution in [0.5, 0.6) is 0 Å². The molecule has 1 heterocycles. The van der Waals surface area contributed by atoms with Crippen LogP contribution in [0.3, 0.4) is 0 Å². The quantitative estimate of drug-likeness (QED) is 0.789. The first-order chi connectivity index (χ1) is 7.52. The number of nitrogens with one attached hydrogen (secondary N) is 1. The minimum atomic E-state index is -1.16. The Balaban J connectivity index is 2.94. The van der Waals surface area contributed by atoms with Crippen LogP contribution in [0, 0.1) is 0 Å². The highest BCUT2D eigenvalue weighted by atomic mass is 35.5. The summed E-state index contributed by atoms with van der Waals surface area (Å²) in [6.07, 6.45) is 0. The Morgan fingerprint density at radius 1 is 1.38 bits per heavy atom. The van der Waals surface area contributed by atoms with Gasteiger partial charge in [0, 0.05) is 17.8 Å². The average Bonchev–Trinajstić information content (AvgIpc) is 2.58. The molecule has 1 aromatic carbocycles. The van der Waals surface area contributed by atoms with E-state index in [1.54, 1.807) is 18.2 Å². The van der Waals surface area contributed by atoms with Gasteiger partial charge in [-0.2, -0.15) is 0 Å². The molecular weight excluding hydrogens is 230 g/mol. The summed E-state index contributed by atoms with van der Waals surface area (Å²) in [5.74, 6) is -1.49. The highest BCUT2D eigenvalue weighted by Gasteiger charge is 2.21. The first-order valence-electron chi connectivity index (χ1n) is 4.56. The third kappa shape index (κ3) is 1.47. The van der Waals surface area contributed by atoms with Gasteiger partial charge in [-0.05, 0) is 12.1 Å². The van der Waals surface area contributed by atoms with Gasteiger partial charge in [0.15, 0.2) is 5.78 Å². The fourth-order valence-corrected chi connectivity index (χ4v) is 1.95. The van der Waals surface area contributed by atoms with Gasteiger partial charge in [0.05, 0.1) is 16.3 Å². The normalized spacial score (nSPS) is 10.6. The third-order valence-corrected chi connectivity index (χ3v) is 2.65. The smallest absolute Gasteiger partial charge is 0.338 e. The lowest BCUT2D eigenvalue weighted by molar-refractivity contribution is 0.0694. The first-order valence-corrected chi connectivity index (χ1v) is 4.94. The highest BCUT2D eigenvalue weighted by Crippen LogP contribution is 2.29. The van der Waals surface area contributed by atoms with E-state index < -0.39 is 5.97 Å². The molecule has 0 spiro atoms. The molecule has 0 unspecified atom stereocenters. The third-order valence-electron chi connectivity index (χ3n) is 2.34. The van der Waals surface area contributed by atoms with Crippen molar-refractivity contribution in [1.29, 1.82) is 0 Å². The molecule has 2 N–H and O–H groups in total. The van der Waals surface area contributed by atoms with E-state index in [9.17, 15) is 9.59 Å². The predicted octanol–water partition coefficient (Wildman–Crippen LogP) is 2.72. The summed E-state index contributed by atoms with van der Waals surface area (Å²) in [6, 6.07) is 4.96. The van der Waals surface area contributed by atoms with Crippen LogP contribution in [-0.2, 0) is 0 Å². The zero-order valence-corrected chi connectivity index (χ0v) is 9.13. The molecule has 0 saturated carbocycles. The minimum Gasteiger partial charge on any atom is -0.478 e. The van der Waals surface area contributed by atoms with Gasteiger partial charge in [-0.3, -0.25) is 4.79 Å². The van der Waals surface area contributed by atoms with Gasteiger partial charge in [0.25, 0.3) is 0 Å². The van der Waals surface area contributed by atoms with Crippen LogP contribution in [0.25, 0.3) is 10.9 Å². The summed E-state index contributed by atoms with van der Waals surface area (Å²) >= 11 is 5.93. The molecule has 0 aliphatic carbocycles. The molecule has 2 aromatic rings. The maximum atomic E-state index is 11.3. The maximum absolute atomic E-state index is 11.3. The van der Waals surface area contributed by atoms with Crippen LogP contribution < -0.4 is 0 Å². The number of benzene rings is 1. The molecule has 4 nitrogen and oxygen atoms in total. The summed E-state index contributed by atoms with van der Waals surface area (Å²) in [6.45, 7) is 1.31. The number of H-pyrrole nitrogens is 1. The number of ketones is 1. The van der Waals surface area contributed by atoms with Crippen molar-refractivity contribution in [3.8, 4) is 0 Å². The fraction of sp³-hybridized carbons (Fsp3) is 0.0909. The SMILES string of the molecule is CC(=O)c1[nH]c2cccc(Cl)c2c1C(=O)O. The van der Waals surface area contributed by atoms with E-state index in [-0.39, 0.29) is 17.0 Å². The second-order valence-electron chi connectivity index (χ2n) is 3.40. The van der Waals surface area contributed by atoms with Gasteiger partial charge in [0.2, 0.25) is 0 Å². The fourth-order valence-electron chi connectivity index (χ4n) is 1.68. The monoisotopic (exact) mass is 237 g/mol. The molecule has 0 amide bonds. The van der Waals surface area contributed by atoms with E-state index in [2.05, 4.69) is 4.98 Å². The van der Waals surface area contributed by atoms with Gasteiger partial charge in [-0.25, -0.2) is 4.79 Å². The Morgan fingerprint density at radius 2 is 2.06 bits per heavy atom. The maximum Gasteiger partial charge on any atom is 0.338 e. The number of aromatic carboxylic acids is 1. The largest absolute Gasteiger partial charge is 0.478 e. The zero-order valence-electron chi connectivity index (χ0n) is 8.37. The highest BCUT2D eigenvalue weighted by molar-refractivity contribution is 6.37. The van der Waals surface area contributed by atoms with Crippen molar-refractivity contribution in [2.75, 3.05) is 0 Å². The molecule has 0 aliphatic heterocycles. The number of hydrogen-bond donors (Lipinski definition) is 2. The molecule has 82 valence electrons. The van der Waals surface area contributed by atoms with E-state index >= 15 is 0 Å². The molecule has 5 heteroatoms. The second-order valence-corrected chi connectivity index (χ2v) is 3.81. The van der Waals surface area contributed by atoms with E-state index in [1.165, 1.54) is 6.92 Å². The van der Waals surface area contributed by atoms with Gasteiger partial charge >= 0.3 is 5.97 Å². The van der Waals surface area contributed by atoms with Crippen molar-refractivity contribution < 1.29 is 14.7 Å². The van der Waals surface area contributed by atoms with Crippen molar-refractivity contribution in [1.82, 2.24) is 4.98 Å². The number of aromatic nitrogens is 1. The number of carbonyl (C=O) groups is 2. The number of carboxylic acid groups (broad SMARTS) is 1. The summed E-state index contributed by atoms with van der Waals surface area (Å²) in [4.78, 5) is 25.2. The summed E-state index contributed by atoms with van der Waals surface area (Å²) < 4.78 is 0. The number of Topliss-reactive ketones (excluding diaryl/α,β-unsaturated/α-hetero) is 1. The molecule has 2 rings (SSSR count). The minimum absolute atomic E-state index is 0.0619. The van der Waals surface area contributed by atoms with Gasteiger partial charge in [-0.15, -0.1) is 0 Å². The van der Waals surface area contributed by atoms with Crippen LogP contribution in [-0.4, -0.2) is 21.8 Å². The molecule has 0 aliphatic rings. The molecule has 0 bridgehead atoms. The average molecular weight is 238 g/mol. The Labute approximate surface area is 95.8 Å². The first kappa shape index (κ1) is 10.7. The molecule has 0 atom stereocenters. The molecule has 16 heavy (non-hydrogen) atoms. The van der Waals surface area contributed by atoms with E-state index in [4.69, 9.17) is 16.7 Å². The standard InChI is InChI=1S/C11H8ClNO3/c1-5(14)10-9(11(15)16)8-6(12)3-2-4-7(8)13-10/h2-4,13H,1H3,(H,15,16). The number of carbonyl (C=O) groups excluding carboxylic acids is 1. The molecule has 0 fully saturated rings. The number of rotatable bonds is 2. The van der Waals surface area contributed by atoms with Crippen LogP contribution in [0.4, 0.5) is 0 Å². The number of carboxylic acids is 1. The lowest BCUT2D eigenvalue weighted by Crippen LogP contribution is -2.04. The lowest BCUT2D eigenvalue weighted by atomic mass is 10.1. The molecule has 1 aromatic heterocycles. The van der Waals surface area contributed by atoms with Crippen molar-refractivity contribution in [3.63, 3.8) is 0 Å². The number of fused-ring (bicyclic) bond motifs is 1. The molecule has 0 saturated heterocycles. The number of halogens is 1. The van der Waals surface area contributed by atoms with Crippen LogP contribution in [0.1, 0.15) is 27.8 Å². The van der Waals surface area contributed by atoms with Gasteiger partial charge in [0.1, 0.15) is 0 Å². The Kier molecular flexibility index (Phi) is 2.44. The molecule has 0 radical (unpaired) electrons. The van der Waals surface area contributed by atoms with Gasteiger partial charge in [-0.1, -0.05) is 17.7 Å². The van der Waals surface area contributed by atoms with E-state index in [0.717, 1.165) is 0 Å². The summed E-state index contributed by atoms with van der Waals surface area (Å²) in [5.41, 5.74) is 0.568. The van der Waals surface area contributed by atoms with E-state index in [0.29, 0.717) is 15.9 Å². The number of hydrogen-bond acceptors (Lipinski definition) is 2. The Morgan fingerprint density at radius 3 is 2.62 bits per heavy atom. The van der Waals surface area contributed by atoms with Crippen molar-refractivity contribution in [2.24, 2.45) is 0 Å². The second kappa shape index (κ2) is 3.64. The van der Waals surface area contributed by atoms with Crippen molar-refractivity contribution in [3.05, 3.63) is 34.5 Å². The Bertz CT molecular complexity index is 601. The van der Waals surface area contributed by atoms with Crippen LogP contribution in [0.2, 0.25) is 5.02 Å². The zero-order chi connectivity index (χ0) is 11.9.